The molecule has 2 aromatic rings. The van der Waals surface area contributed by atoms with E-state index >= 15 is 0 Å². The van der Waals surface area contributed by atoms with E-state index in [0.717, 1.165) is 22.8 Å². The van der Waals surface area contributed by atoms with Gasteiger partial charge in [0.1, 0.15) is 24.7 Å². The van der Waals surface area contributed by atoms with Crippen molar-refractivity contribution < 1.29 is 33.3 Å². The molecule has 0 aromatic heterocycles. The van der Waals surface area contributed by atoms with Crippen LogP contribution in [0.2, 0.25) is 0 Å². The largest absolute Gasteiger partial charge is 0.497 e. The Hall–Kier alpha value is -3.42. The van der Waals surface area contributed by atoms with Crippen LogP contribution >= 0.6 is 0 Å². The van der Waals surface area contributed by atoms with Crippen molar-refractivity contribution in [3.8, 4) is 23.0 Å². The molecule has 1 aliphatic heterocycles. The number of fused-ring (bicyclic) bond motifs is 1. The van der Waals surface area contributed by atoms with E-state index in [1.807, 2.05) is 18.2 Å². The van der Waals surface area contributed by atoms with Gasteiger partial charge in [-0.25, -0.2) is 0 Å². The maximum absolute atomic E-state index is 11.8. The molecule has 0 fully saturated rings. The van der Waals surface area contributed by atoms with E-state index in [0.29, 0.717) is 31.9 Å². The maximum Gasteiger partial charge on any atom is 0.309 e. The summed E-state index contributed by atoms with van der Waals surface area (Å²) in [6.07, 6.45) is 0.683. The number of benzene rings is 2. The Morgan fingerprint density at radius 1 is 1.00 bits per heavy atom. The molecule has 1 aliphatic rings. The topological polar surface area (TPSA) is 92.3 Å². The minimum Gasteiger partial charge on any atom is -0.497 e. The van der Waals surface area contributed by atoms with Gasteiger partial charge >= 0.3 is 5.97 Å². The Bertz CT molecular complexity index is 851. The van der Waals surface area contributed by atoms with E-state index in [2.05, 4.69) is 5.32 Å². The van der Waals surface area contributed by atoms with Crippen molar-refractivity contribution in [2.24, 2.45) is 0 Å². The van der Waals surface area contributed by atoms with E-state index in [-0.39, 0.29) is 25.5 Å². The van der Waals surface area contributed by atoms with Gasteiger partial charge in [-0.05, 0) is 48.4 Å². The Kier molecular flexibility index (Phi) is 7.77. The van der Waals surface area contributed by atoms with Crippen molar-refractivity contribution in [1.82, 2.24) is 5.32 Å². The highest BCUT2D eigenvalue weighted by molar-refractivity contribution is 5.80. The fraction of sp³-hybridized carbons (Fsp3) is 0.364. The molecule has 0 radical (unpaired) electrons. The van der Waals surface area contributed by atoms with Gasteiger partial charge < -0.3 is 29.0 Å². The van der Waals surface area contributed by atoms with Crippen molar-refractivity contribution in [3.05, 3.63) is 48.0 Å². The summed E-state index contributed by atoms with van der Waals surface area (Å²) in [6, 6.07) is 12.7. The number of amides is 1. The van der Waals surface area contributed by atoms with Crippen LogP contribution in [0.15, 0.2) is 42.5 Å². The average Bonchev–Trinajstić information content (AvgIpc) is 2.78. The lowest BCUT2D eigenvalue weighted by Gasteiger charge is -2.18. The zero-order valence-corrected chi connectivity index (χ0v) is 16.8. The minimum atomic E-state index is -0.495. The van der Waals surface area contributed by atoms with Crippen LogP contribution in [0.3, 0.4) is 0 Å². The second-order valence-electron chi connectivity index (χ2n) is 6.51. The SMILES string of the molecule is COc1ccc(OCCC(=O)OCC(=O)NCCc2ccc3c(c2)OCCO3)cc1. The standard InChI is InChI=1S/C22H25NO7/c1-26-17-3-5-18(6-4-17)27-11-9-22(25)30-15-21(24)23-10-8-16-2-7-19-20(14-16)29-13-12-28-19/h2-7,14H,8-13,15H2,1H3,(H,23,24). The molecule has 8 heteroatoms. The van der Waals surface area contributed by atoms with Gasteiger partial charge in [0.25, 0.3) is 5.91 Å². The summed E-state index contributed by atoms with van der Waals surface area (Å²) >= 11 is 0. The molecule has 0 atom stereocenters. The maximum atomic E-state index is 11.8. The lowest BCUT2D eigenvalue weighted by atomic mass is 10.1. The van der Waals surface area contributed by atoms with Crippen LogP contribution in [-0.4, -0.2) is 52.0 Å². The first-order valence-corrected chi connectivity index (χ1v) is 9.72. The zero-order chi connectivity index (χ0) is 21.2. The van der Waals surface area contributed by atoms with Gasteiger partial charge in [0.05, 0.1) is 20.1 Å². The van der Waals surface area contributed by atoms with E-state index < -0.39 is 5.97 Å². The molecule has 30 heavy (non-hydrogen) atoms. The van der Waals surface area contributed by atoms with Crippen molar-refractivity contribution in [3.63, 3.8) is 0 Å². The number of carbonyl (C=O) groups excluding carboxylic acids is 2. The van der Waals surface area contributed by atoms with Gasteiger partial charge in [0.15, 0.2) is 18.1 Å². The molecule has 1 heterocycles. The fourth-order valence-electron chi connectivity index (χ4n) is 2.78. The lowest BCUT2D eigenvalue weighted by molar-refractivity contribution is -0.149. The molecule has 160 valence electrons. The van der Waals surface area contributed by atoms with Gasteiger partial charge in [-0.2, -0.15) is 0 Å². The number of carbonyl (C=O) groups is 2. The fourth-order valence-corrected chi connectivity index (χ4v) is 2.78. The van der Waals surface area contributed by atoms with Gasteiger partial charge in [0, 0.05) is 6.54 Å². The van der Waals surface area contributed by atoms with E-state index in [9.17, 15) is 9.59 Å². The normalized spacial score (nSPS) is 12.0. The van der Waals surface area contributed by atoms with E-state index in [1.54, 1.807) is 31.4 Å². The van der Waals surface area contributed by atoms with Gasteiger partial charge in [-0.15, -0.1) is 0 Å². The van der Waals surface area contributed by atoms with Crippen LogP contribution < -0.4 is 24.3 Å². The van der Waals surface area contributed by atoms with Crippen molar-refractivity contribution in [1.29, 1.82) is 0 Å². The highest BCUT2D eigenvalue weighted by Crippen LogP contribution is 2.30. The minimum absolute atomic E-state index is 0.0521. The summed E-state index contributed by atoms with van der Waals surface area (Å²) in [4.78, 5) is 23.6. The summed E-state index contributed by atoms with van der Waals surface area (Å²) < 4.78 is 26.5. The van der Waals surface area contributed by atoms with Crippen LogP contribution in [0, 0.1) is 0 Å². The lowest BCUT2D eigenvalue weighted by Crippen LogP contribution is -2.30. The molecule has 0 bridgehead atoms. The summed E-state index contributed by atoms with van der Waals surface area (Å²) in [5.74, 6) is 1.96. The smallest absolute Gasteiger partial charge is 0.309 e. The Labute approximate surface area is 175 Å². The molecule has 1 amide bonds. The predicted molar refractivity (Wildman–Crippen MR) is 108 cm³/mol. The molecule has 3 rings (SSSR count). The summed E-state index contributed by atoms with van der Waals surface area (Å²) in [5.41, 5.74) is 1.02. The van der Waals surface area contributed by atoms with Crippen LogP contribution in [0.1, 0.15) is 12.0 Å². The monoisotopic (exact) mass is 415 g/mol. The number of rotatable bonds is 10. The first-order valence-electron chi connectivity index (χ1n) is 9.72. The molecule has 0 saturated carbocycles. The molecular formula is C22H25NO7. The van der Waals surface area contributed by atoms with Crippen LogP contribution in [0.4, 0.5) is 0 Å². The average molecular weight is 415 g/mol. The number of esters is 1. The van der Waals surface area contributed by atoms with Crippen molar-refractivity contribution >= 4 is 11.9 Å². The Balaban J connectivity index is 1.28. The van der Waals surface area contributed by atoms with Gasteiger partial charge in [-0.3, -0.25) is 9.59 Å². The first-order chi connectivity index (χ1) is 14.6. The Morgan fingerprint density at radius 2 is 1.73 bits per heavy atom. The van der Waals surface area contributed by atoms with Crippen LogP contribution in [0.25, 0.3) is 0 Å². The highest BCUT2D eigenvalue weighted by Gasteiger charge is 2.12. The molecule has 0 spiro atoms. The third-order valence-electron chi connectivity index (χ3n) is 4.34. The van der Waals surface area contributed by atoms with E-state index in [4.69, 9.17) is 23.7 Å². The zero-order valence-electron chi connectivity index (χ0n) is 16.8. The van der Waals surface area contributed by atoms with Crippen molar-refractivity contribution in [2.75, 3.05) is 40.1 Å². The Morgan fingerprint density at radius 3 is 2.50 bits per heavy atom. The third kappa shape index (κ3) is 6.58. The quantitative estimate of drug-likeness (QED) is 0.595. The molecule has 0 unspecified atom stereocenters. The van der Waals surface area contributed by atoms with Crippen LogP contribution in [0.5, 0.6) is 23.0 Å². The number of hydrogen-bond acceptors (Lipinski definition) is 7. The van der Waals surface area contributed by atoms with Crippen LogP contribution in [-0.2, 0) is 20.7 Å². The molecule has 0 aliphatic carbocycles. The molecule has 8 nitrogen and oxygen atoms in total. The number of nitrogens with one attached hydrogen (secondary N) is 1. The summed E-state index contributed by atoms with van der Waals surface area (Å²) in [5, 5.41) is 2.73. The second kappa shape index (κ2) is 10.9. The summed E-state index contributed by atoms with van der Waals surface area (Å²) in [7, 11) is 1.58. The number of methoxy groups -OCH3 is 1. The molecule has 2 aromatic carbocycles. The predicted octanol–water partition coefficient (Wildman–Crippen LogP) is 2.14. The van der Waals surface area contributed by atoms with E-state index in [1.165, 1.54) is 0 Å². The molecular weight excluding hydrogens is 390 g/mol. The second-order valence-corrected chi connectivity index (χ2v) is 6.51. The number of ether oxygens (including phenoxy) is 5. The third-order valence-corrected chi connectivity index (χ3v) is 4.34. The number of hydrogen-bond donors (Lipinski definition) is 1. The van der Waals surface area contributed by atoms with Gasteiger partial charge in [0.2, 0.25) is 0 Å². The first kappa shape index (κ1) is 21.3. The molecule has 0 saturated heterocycles. The highest BCUT2D eigenvalue weighted by atomic mass is 16.6. The molecule has 1 N–H and O–H groups in total. The summed E-state index contributed by atoms with van der Waals surface area (Å²) in [6.45, 7) is 1.36. The van der Waals surface area contributed by atoms with Gasteiger partial charge in [-0.1, -0.05) is 6.07 Å². The van der Waals surface area contributed by atoms with Crippen molar-refractivity contribution in [2.45, 2.75) is 12.8 Å².